The van der Waals surface area contributed by atoms with Crippen LogP contribution in [-0.4, -0.2) is 42.8 Å². The molecule has 0 saturated carbocycles. The van der Waals surface area contributed by atoms with E-state index in [-0.39, 0.29) is 11.2 Å². The van der Waals surface area contributed by atoms with Crippen LogP contribution < -0.4 is 10.5 Å². The van der Waals surface area contributed by atoms with E-state index in [4.69, 9.17) is 10.5 Å². The molecular weight excluding hydrogens is 284 g/mol. The Morgan fingerprint density at radius 3 is 2.52 bits per heavy atom. The maximum atomic E-state index is 12.5. The highest BCUT2D eigenvalue weighted by Gasteiger charge is 2.25. The van der Waals surface area contributed by atoms with Crippen molar-refractivity contribution in [1.29, 1.82) is 0 Å². The monoisotopic (exact) mass is 308 g/mol. The van der Waals surface area contributed by atoms with Crippen molar-refractivity contribution in [2.45, 2.75) is 29.9 Å². The van der Waals surface area contributed by atoms with Crippen molar-refractivity contribution in [2.75, 3.05) is 26.7 Å². The van der Waals surface area contributed by atoms with Gasteiger partial charge in [0.05, 0.1) is 12.4 Å². The number of hydrogen-bond acceptors (Lipinski definition) is 4. The van der Waals surface area contributed by atoms with Crippen molar-refractivity contribution in [3.05, 3.63) is 24.3 Å². The third-order valence-corrected chi connectivity index (χ3v) is 5.08. The Morgan fingerprint density at radius 2 is 2.00 bits per heavy atom. The van der Waals surface area contributed by atoms with Gasteiger partial charge in [-0.15, -0.1) is 11.8 Å². The Labute approximate surface area is 131 Å². The minimum absolute atomic E-state index is 0.0622. The van der Waals surface area contributed by atoms with Crippen LogP contribution in [0.25, 0.3) is 0 Å². The number of thioether (sulfide) groups is 1. The first-order chi connectivity index (χ1) is 10.1. The summed E-state index contributed by atoms with van der Waals surface area (Å²) in [6.45, 7) is 4.40. The van der Waals surface area contributed by atoms with Gasteiger partial charge in [-0.25, -0.2) is 0 Å². The van der Waals surface area contributed by atoms with E-state index >= 15 is 0 Å². The lowest BCUT2D eigenvalue weighted by Crippen LogP contribution is -2.43. The van der Waals surface area contributed by atoms with Gasteiger partial charge in [0, 0.05) is 18.0 Å². The second-order valence-corrected chi connectivity index (χ2v) is 6.85. The van der Waals surface area contributed by atoms with Gasteiger partial charge in [0.2, 0.25) is 5.91 Å². The van der Waals surface area contributed by atoms with Crippen LogP contribution in [0.3, 0.4) is 0 Å². The number of carbonyl (C=O) groups is 1. The SMILES string of the molecule is COc1ccc(SC(C)C(=O)N2CCC(CN)CC2)cc1. The van der Waals surface area contributed by atoms with Crippen LogP contribution >= 0.6 is 11.8 Å². The zero-order chi connectivity index (χ0) is 15.2. The Bertz CT molecular complexity index is 456. The number of amides is 1. The summed E-state index contributed by atoms with van der Waals surface area (Å²) in [7, 11) is 1.65. The van der Waals surface area contributed by atoms with Crippen LogP contribution in [0, 0.1) is 5.92 Å². The molecule has 1 amide bonds. The van der Waals surface area contributed by atoms with Crippen LogP contribution in [0.15, 0.2) is 29.2 Å². The molecule has 0 bridgehead atoms. The third-order valence-electron chi connectivity index (χ3n) is 3.98. The lowest BCUT2D eigenvalue weighted by Gasteiger charge is -2.33. The lowest BCUT2D eigenvalue weighted by molar-refractivity contribution is -0.131. The van der Waals surface area contributed by atoms with Crippen molar-refractivity contribution < 1.29 is 9.53 Å². The van der Waals surface area contributed by atoms with Gasteiger partial charge in [0.15, 0.2) is 0 Å². The lowest BCUT2D eigenvalue weighted by atomic mass is 9.97. The first-order valence-corrected chi connectivity index (χ1v) is 8.31. The molecule has 1 saturated heterocycles. The van der Waals surface area contributed by atoms with Gasteiger partial charge in [-0.1, -0.05) is 0 Å². The van der Waals surface area contributed by atoms with Crippen LogP contribution in [0.2, 0.25) is 0 Å². The number of benzene rings is 1. The van der Waals surface area contributed by atoms with E-state index < -0.39 is 0 Å². The molecule has 0 radical (unpaired) electrons. The highest BCUT2D eigenvalue weighted by Crippen LogP contribution is 2.27. The number of hydrogen-bond donors (Lipinski definition) is 1. The summed E-state index contributed by atoms with van der Waals surface area (Å²) in [5.74, 6) is 1.65. The van der Waals surface area contributed by atoms with Crippen LogP contribution in [0.4, 0.5) is 0 Å². The predicted octanol–water partition coefficient (Wildman–Crippen LogP) is 2.37. The maximum absolute atomic E-state index is 12.5. The molecular formula is C16H24N2O2S. The second kappa shape index (κ2) is 7.71. The molecule has 21 heavy (non-hydrogen) atoms. The quantitative estimate of drug-likeness (QED) is 0.849. The molecule has 4 nitrogen and oxygen atoms in total. The normalized spacial score (nSPS) is 17.6. The summed E-state index contributed by atoms with van der Waals surface area (Å²) >= 11 is 1.60. The van der Waals surface area contributed by atoms with Crippen molar-refractivity contribution in [3.63, 3.8) is 0 Å². The molecule has 1 aromatic rings. The van der Waals surface area contributed by atoms with E-state index in [0.29, 0.717) is 5.92 Å². The molecule has 0 spiro atoms. The number of likely N-dealkylation sites (tertiary alicyclic amines) is 1. The number of rotatable bonds is 5. The number of nitrogens with zero attached hydrogens (tertiary/aromatic N) is 1. The fraction of sp³-hybridized carbons (Fsp3) is 0.562. The third kappa shape index (κ3) is 4.38. The van der Waals surface area contributed by atoms with Gasteiger partial charge in [0.25, 0.3) is 0 Å². The topological polar surface area (TPSA) is 55.6 Å². The van der Waals surface area contributed by atoms with E-state index in [1.165, 1.54) is 0 Å². The molecule has 1 fully saturated rings. The minimum atomic E-state index is -0.0622. The fourth-order valence-electron chi connectivity index (χ4n) is 2.55. The molecule has 2 N–H and O–H groups in total. The molecule has 1 aliphatic heterocycles. The van der Waals surface area contributed by atoms with E-state index in [9.17, 15) is 4.79 Å². The summed E-state index contributed by atoms with van der Waals surface area (Å²) in [5, 5.41) is -0.0622. The highest BCUT2D eigenvalue weighted by molar-refractivity contribution is 8.00. The molecule has 0 aliphatic carbocycles. The fourth-order valence-corrected chi connectivity index (χ4v) is 3.51. The molecule has 1 aliphatic rings. The van der Waals surface area contributed by atoms with Crippen molar-refractivity contribution >= 4 is 17.7 Å². The average Bonchev–Trinajstić information content (AvgIpc) is 2.55. The Balaban J connectivity index is 1.87. The van der Waals surface area contributed by atoms with Gasteiger partial charge >= 0.3 is 0 Å². The smallest absolute Gasteiger partial charge is 0.235 e. The predicted molar refractivity (Wildman–Crippen MR) is 86.7 cm³/mol. The van der Waals surface area contributed by atoms with Crippen LogP contribution in [0.5, 0.6) is 5.75 Å². The molecule has 5 heteroatoms. The molecule has 1 atom stereocenters. The zero-order valence-corrected chi connectivity index (χ0v) is 13.6. The molecule has 1 heterocycles. The summed E-state index contributed by atoms with van der Waals surface area (Å²) in [5.41, 5.74) is 5.69. The number of carbonyl (C=O) groups excluding carboxylic acids is 1. The second-order valence-electron chi connectivity index (χ2n) is 5.44. The van der Waals surface area contributed by atoms with Crippen molar-refractivity contribution in [2.24, 2.45) is 11.7 Å². The van der Waals surface area contributed by atoms with Gasteiger partial charge < -0.3 is 15.4 Å². The van der Waals surface area contributed by atoms with Gasteiger partial charge in [-0.2, -0.15) is 0 Å². The Hall–Kier alpha value is -1.20. The van der Waals surface area contributed by atoms with E-state index in [1.54, 1.807) is 18.9 Å². The number of piperidine rings is 1. The standard InChI is InChI=1S/C16H24N2O2S/c1-12(21-15-5-3-14(20-2)4-6-15)16(19)18-9-7-13(11-17)8-10-18/h3-6,12-13H,7-11,17H2,1-2H3. The maximum Gasteiger partial charge on any atom is 0.235 e. The van der Waals surface area contributed by atoms with Crippen molar-refractivity contribution in [1.82, 2.24) is 4.90 Å². The summed E-state index contributed by atoms with van der Waals surface area (Å²) < 4.78 is 5.14. The molecule has 0 aromatic heterocycles. The molecule has 1 unspecified atom stereocenters. The first kappa shape index (κ1) is 16.2. The number of ether oxygens (including phenoxy) is 1. The van der Waals surface area contributed by atoms with E-state index in [0.717, 1.165) is 43.1 Å². The van der Waals surface area contributed by atoms with E-state index in [1.807, 2.05) is 36.1 Å². The van der Waals surface area contributed by atoms with Gasteiger partial charge in [-0.3, -0.25) is 4.79 Å². The highest BCUT2D eigenvalue weighted by atomic mass is 32.2. The average molecular weight is 308 g/mol. The largest absolute Gasteiger partial charge is 0.497 e. The van der Waals surface area contributed by atoms with Crippen LogP contribution in [-0.2, 0) is 4.79 Å². The minimum Gasteiger partial charge on any atom is -0.497 e. The molecule has 116 valence electrons. The summed E-state index contributed by atoms with van der Waals surface area (Å²) in [6, 6.07) is 7.83. The Kier molecular flexibility index (Phi) is 5.94. The summed E-state index contributed by atoms with van der Waals surface area (Å²) in [4.78, 5) is 15.5. The Morgan fingerprint density at radius 1 is 1.38 bits per heavy atom. The molecule has 2 rings (SSSR count). The molecule has 1 aromatic carbocycles. The number of methoxy groups -OCH3 is 1. The van der Waals surface area contributed by atoms with Gasteiger partial charge in [0.1, 0.15) is 5.75 Å². The van der Waals surface area contributed by atoms with E-state index in [2.05, 4.69) is 0 Å². The summed E-state index contributed by atoms with van der Waals surface area (Å²) in [6.07, 6.45) is 2.06. The first-order valence-electron chi connectivity index (χ1n) is 7.43. The van der Waals surface area contributed by atoms with Gasteiger partial charge in [-0.05, 0) is 56.5 Å². The van der Waals surface area contributed by atoms with Crippen molar-refractivity contribution in [3.8, 4) is 5.75 Å². The zero-order valence-electron chi connectivity index (χ0n) is 12.7. The van der Waals surface area contributed by atoms with Crippen LogP contribution in [0.1, 0.15) is 19.8 Å². The number of nitrogens with two attached hydrogens (primary N) is 1.